The lowest BCUT2D eigenvalue weighted by Crippen LogP contribution is -2.02. The Labute approximate surface area is 131 Å². The van der Waals surface area contributed by atoms with E-state index in [1.807, 2.05) is 6.07 Å². The first kappa shape index (κ1) is 17.9. The molecule has 0 bridgehead atoms. The fraction of sp³-hybridized carbons (Fsp3) is 0.684. The molecule has 0 aliphatic carbocycles. The number of unbranched alkanes of at least 4 members (excludes halogenated alkanes) is 7. The molecule has 0 atom stereocenters. The van der Waals surface area contributed by atoms with Crippen molar-refractivity contribution in [3.63, 3.8) is 0 Å². The first-order valence-corrected chi connectivity index (χ1v) is 8.83. The molecule has 0 radical (unpaired) electrons. The Morgan fingerprint density at radius 1 is 0.857 bits per heavy atom. The van der Waals surface area contributed by atoms with Gasteiger partial charge in [-0.3, -0.25) is 0 Å². The fourth-order valence-corrected chi connectivity index (χ4v) is 2.41. The molecule has 0 saturated heterocycles. The third kappa shape index (κ3) is 9.38. The van der Waals surface area contributed by atoms with Crippen LogP contribution in [0.15, 0.2) is 24.3 Å². The second-order valence-corrected chi connectivity index (χ2v) is 5.78. The van der Waals surface area contributed by atoms with E-state index in [0.29, 0.717) is 0 Å². The molecular formula is C19H33NO. The highest BCUT2D eigenvalue weighted by molar-refractivity contribution is 5.48. The molecule has 1 rings (SSSR count). The van der Waals surface area contributed by atoms with Gasteiger partial charge in [-0.15, -0.1) is 0 Å². The zero-order valence-corrected chi connectivity index (χ0v) is 14.0. The van der Waals surface area contributed by atoms with Crippen molar-refractivity contribution in [2.45, 2.75) is 71.6 Å². The molecule has 2 heteroatoms. The van der Waals surface area contributed by atoms with Gasteiger partial charge in [0.2, 0.25) is 0 Å². The monoisotopic (exact) mass is 291 g/mol. The van der Waals surface area contributed by atoms with E-state index in [2.05, 4.69) is 37.4 Å². The summed E-state index contributed by atoms with van der Waals surface area (Å²) in [5, 5.41) is 3.49. The first-order valence-electron chi connectivity index (χ1n) is 8.83. The minimum absolute atomic E-state index is 0.793. The van der Waals surface area contributed by atoms with E-state index < -0.39 is 0 Å². The Hall–Kier alpha value is -1.18. The van der Waals surface area contributed by atoms with E-state index >= 15 is 0 Å². The Balaban J connectivity index is 2.04. The highest BCUT2D eigenvalue weighted by Gasteiger charge is 1.96. The normalized spacial score (nSPS) is 10.6. The van der Waals surface area contributed by atoms with Crippen LogP contribution in [0.2, 0.25) is 0 Å². The van der Waals surface area contributed by atoms with E-state index in [4.69, 9.17) is 4.74 Å². The van der Waals surface area contributed by atoms with Crippen LogP contribution in [0.5, 0.6) is 5.75 Å². The average Bonchev–Trinajstić information content (AvgIpc) is 2.52. The molecule has 0 aliphatic rings. The van der Waals surface area contributed by atoms with Crippen molar-refractivity contribution in [3.8, 4) is 5.75 Å². The Morgan fingerprint density at radius 2 is 1.57 bits per heavy atom. The van der Waals surface area contributed by atoms with Crippen LogP contribution in [0, 0.1) is 0 Å². The Bertz CT molecular complexity index is 351. The van der Waals surface area contributed by atoms with E-state index in [-0.39, 0.29) is 0 Å². The molecule has 0 fully saturated rings. The van der Waals surface area contributed by atoms with Crippen molar-refractivity contribution in [1.82, 2.24) is 0 Å². The lowest BCUT2D eigenvalue weighted by molar-refractivity contribution is 0.317. The molecule has 1 aromatic carbocycles. The van der Waals surface area contributed by atoms with E-state index in [0.717, 1.165) is 25.3 Å². The molecule has 0 aliphatic heterocycles. The summed E-state index contributed by atoms with van der Waals surface area (Å²) < 4.78 is 5.65. The smallest absolute Gasteiger partial charge is 0.121 e. The predicted octanol–water partition coefficient (Wildman–Crippen LogP) is 6.03. The first-order chi connectivity index (χ1) is 10.4. The molecule has 21 heavy (non-hydrogen) atoms. The molecule has 1 aromatic rings. The van der Waals surface area contributed by atoms with Crippen LogP contribution in [-0.2, 0) is 0 Å². The molecule has 0 aromatic heterocycles. The fourth-order valence-electron chi connectivity index (χ4n) is 2.41. The summed E-state index contributed by atoms with van der Waals surface area (Å²) in [6.45, 7) is 6.26. The second-order valence-electron chi connectivity index (χ2n) is 5.78. The number of rotatable bonds is 13. The van der Waals surface area contributed by atoms with Gasteiger partial charge in [-0.2, -0.15) is 0 Å². The summed E-state index contributed by atoms with van der Waals surface area (Å²) >= 11 is 0. The molecule has 0 amide bonds. The highest BCUT2D eigenvalue weighted by Crippen LogP contribution is 2.17. The summed E-state index contributed by atoms with van der Waals surface area (Å²) in [7, 11) is 0. The molecule has 0 saturated carbocycles. The average molecular weight is 291 g/mol. The molecule has 0 spiro atoms. The molecule has 1 N–H and O–H groups in total. The van der Waals surface area contributed by atoms with Crippen LogP contribution in [0.4, 0.5) is 5.69 Å². The number of hydrogen-bond acceptors (Lipinski definition) is 2. The maximum atomic E-state index is 5.65. The molecule has 120 valence electrons. The van der Waals surface area contributed by atoms with E-state index in [1.165, 1.54) is 57.1 Å². The van der Waals surface area contributed by atoms with Gasteiger partial charge in [0.25, 0.3) is 0 Å². The number of ether oxygens (including phenoxy) is 1. The standard InChI is InChI=1S/C19H33NO/c1-3-5-6-7-8-9-10-11-15-20-18-13-12-14-19(17-18)21-16-4-2/h12-14,17,20H,3-11,15-16H2,1-2H3. The van der Waals surface area contributed by atoms with Crippen molar-refractivity contribution in [2.24, 2.45) is 0 Å². The molecule has 2 nitrogen and oxygen atoms in total. The van der Waals surface area contributed by atoms with Crippen LogP contribution < -0.4 is 10.1 Å². The number of anilines is 1. The van der Waals surface area contributed by atoms with Crippen LogP contribution in [0.1, 0.15) is 71.6 Å². The van der Waals surface area contributed by atoms with Crippen LogP contribution >= 0.6 is 0 Å². The number of benzene rings is 1. The molecule has 0 unspecified atom stereocenters. The van der Waals surface area contributed by atoms with E-state index in [1.54, 1.807) is 0 Å². The van der Waals surface area contributed by atoms with Gasteiger partial charge >= 0.3 is 0 Å². The topological polar surface area (TPSA) is 21.3 Å². The summed E-state index contributed by atoms with van der Waals surface area (Å²) in [6, 6.07) is 8.29. The van der Waals surface area contributed by atoms with Gasteiger partial charge in [-0.1, -0.05) is 64.9 Å². The number of hydrogen-bond donors (Lipinski definition) is 1. The maximum Gasteiger partial charge on any atom is 0.121 e. The third-order valence-electron chi connectivity index (χ3n) is 3.67. The third-order valence-corrected chi connectivity index (χ3v) is 3.67. The minimum Gasteiger partial charge on any atom is -0.494 e. The van der Waals surface area contributed by atoms with Crippen LogP contribution in [0.25, 0.3) is 0 Å². The van der Waals surface area contributed by atoms with Crippen molar-refractivity contribution < 1.29 is 4.74 Å². The van der Waals surface area contributed by atoms with Crippen molar-refractivity contribution in [1.29, 1.82) is 0 Å². The van der Waals surface area contributed by atoms with Gasteiger partial charge in [0.15, 0.2) is 0 Å². The largest absolute Gasteiger partial charge is 0.494 e. The highest BCUT2D eigenvalue weighted by atomic mass is 16.5. The second kappa shape index (κ2) is 12.6. The van der Waals surface area contributed by atoms with Crippen LogP contribution in [-0.4, -0.2) is 13.2 Å². The zero-order valence-electron chi connectivity index (χ0n) is 14.0. The van der Waals surface area contributed by atoms with Gasteiger partial charge in [0.05, 0.1) is 6.61 Å². The lowest BCUT2D eigenvalue weighted by atomic mass is 10.1. The van der Waals surface area contributed by atoms with Gasteiger partial charge in [0.1, 0.15) is 5.75 Å². The predicted molar refractivity (Wildman–Crippen MR) is 93.3 cm³/mol. The zero-order chi connectivity index (χ0) is 15.2. The van der Waals surface area contributed by atoms with Crippen molar-refractivity contribution in [3.05, 3.63) is 24.3 Å². The number of nitrogens with one attached hydrogen (secondary N) is 1. The van der Waals surface area contributed by atoms with Gasteiger partial charge in [-0.05, 0) is 25.0 Å². The van der Waals surface area contributed by atoms with E-state index in [9.17, 15) is 0 Å². The maximum absolute atomic E-state index is 5.65. The summed E-state index contributed by atoms with van der Waals surface area (Å²) in [4.78, 5) is 0. The Kier molecular flexibility index (Phi) is 10.7. The summed E-state index contributed by atoms with van der Waals surface area (Å²) in [6.07, 6.45) is 12.0. The quantitative estimate of drug-likeness (QED) is 0.448. The van der Waals surface area contributed by atoms with Crippen molar-refractivity contribution >= 4 is 5.69 Å². The Morgan fingerprint density at radius 3 is 2.29 bits per heavy atom. The molecule has 0 heterocycles. The van der Waals surface area contributed by atoms with Crippen molar-refractivity contribution in [2.75, 3.05) is 18.5 Å². The van der Waals surface area contributed by atoms with Crippen LogP contribution in [0.3, 0.4) is 0 Å². The summed E-state index contributed by atoms with van der Waals surface area (Å²) in [5.74, 6) is 0.970. The summed E-state index contributed by atoms with van der Waals surface area (Å²) in [5.41, 5.74) is 1.17. The SMILES string of the molecule is CCCCCCCCCCNc1cccc(OCCC)c1. The van der Waals surface area contributed by atoms with Gasteiger partial charge in [-0.25, -0.2) is 0 Å². The minimum atomic E-state index is 0.793. The van der Waals surface area contributed by atoms with Gasteiger partial charge < -0.3 is 10.1 Å². The lowest BCUT2D eigenvalue weighted by Gasteiger charge is -2.09. The molecular weight excluding hydrogens is 258 g/mol. The van der Waals surface area contributed by atoms with Gasteiger partial charge in [0, 0.05) is 18.3 Å².